The number of cyclic esters (lactones) is 1. The molecule has 0 radical (unpaired) electrons. The van der Waals surface area contributed by atoms with Gasteiger partial charge >= 0.3 is 5.97 Å². The number of aliphatic hydroxyl groups excluding tert-OH is 1. The number of hydrogen-bond acceptors (Lipinski definition) is 6. The Morgan fingerprint density at radius 3 is 2.44 bits per heavy atom. The van der Waals surface area contributed by atoms with E-state index in [0.29, 0.717) is 19.4 Å². The smallest absolute Gasteiger partial charge is 0.313 e. The largest absolute Gasteiger partial charge is 0.465 e. The Labute approximate surface area is 201 Å². The highest BCUT2D eigenvalue weighted by molar-refractivity contribution is 5.99. The second kappa shape index (κ2) is 8.48. The number of rotatable bonds is 4. The summed E-state index contributed by atoms with van der Waals surface area (Å²) in [6.07, 6.45) is 8.55. The van der Waals surface area contributed by atoms with Gasteiger partial charge < -0.3 is 24.4 Å². The number of hydrogen-bond donors (Lipinski definition) is 1. The SMILES string of the molecule is CC(C)C[C@H](CO)N1C(=O)[C@@H]2[C@H]3C(=O)OCCC=C[C@@]3(C)O[C@@]23C=CCN(C(C)(C)C)C(=O)C13. The molecular formula is C26H38N2O6. The van der Waals surface area contributed by atoms with Crippen LogP contribution < -0.4 is 0 Å². The average Bonchev–Trinajstić information content (AvgIpc) is 3.04. The maximum atomic E-state index is 14.2. The summed E-state index contributed by atoms with van der Waals surface area (Å²) >= 11 is 0. The number of carbonyl (C=O) groups excluding carboxylic acids is 3. The number of ether oxygens (including phenoxy) is 2. The Kier molecular flexibility index (Phi) is 6.22. The minimum absolute atomic E-state index is 0.192. The van der Waals surface area contributed by atoms with E-state index in [-0.39, 0.29) is 30.9 Å². The first kappa shape index (κ1) is 24.9. The predicted octanol–water partition coefficient (Wildman–Crippen LogP) is 2.06. The van der Waals surface area contributed by atoms with Crippen LogP contribution in [0.2, 0.25) is 0 Å². The van der Waals surface area contributed by atoms with E-state index in [1.807, 2.05) is 58.9 Å². The van der Waals surface area contributed by atoms with Gasteiger partial charge in [-0.3, -0.25) is 14.4 Å². The fraction of sp³-hybridized carbons (Fsp3) is 0.731. The average molecular weight is 475 g/mol. The molecule has 0 saturated carbocycles. The van der Waals surface area contributed by atoms with Crippen LogP contribution in [0.15, 0.2) is 24.3 Å². The van der Waals surface area contributed by atoms with Crippen molar-refractivity contribution in [2.24, 2.45) is 17.8 Å². The second-order valence-electron chi connectivity index (χ2n) is 11.6. The van der Waals surface area contributed by atoms with Gasteiger partial charge in [-0.1, -0.05) is 38.2 Å². The van der Waals surface area contributed by atoms with Gasteiger partial charge in [-0.25, -0.2) is 0 Å². The van der Waals surface area contributed by atoms with Crippen molar-refractivity contribution in [3.63, 3.8) is 0 Å². The van der Waals surface area contributed by atoms with E-state index in [1.54, 1.807) is 11.8 Å². The monoisotopic (exact) mass is 474 g/mol. The molecule has 0 aromatic carbocycles. The highest BCUT2D eigenvalue weighted by Gasteiger charge is 2.75. The summed E-state index contributed by atoms with van der Waals surface area (Å²) in [6.45, 7) is 12.0. The quantitative estimate of drug-likeness (QED) is 0.495. The van der Waals surface area contributed by atoms with Gasteiger partial charge in [0.2, 0.25) is 11.8 Å². The number of likely N-dealkylation sites (tertiary alicyclic amines) is 1. The van der Waals surface area contributed by atoms with Gasteiger partial charge in [-0.2, -0.15) is 0 Å². The molecular weight excluding hydrogens is 436 g/mol. The van der Waals surface area contributed by atoms with Gasteiger partial charge in [-0.05, 0) is 46.5 Å². The molecule has 8 nitrogen and oxygen atoms in total. The van der Waals surface area contributed by atoms with Crippen LogP contribution in [0, 0.1) is 17.8 Å². The van der Waals surface area contributed by atoms with E-state index < -0.39 is 46.6 Å². The first-order chi connectivity index (χ1) is 15.9. The third-order valence-corrected chi connectivity index (χ3v) is 7.61. The molecule has 4 aliphatic heterocycles. The zero-order valence-corrected chi connectivity index (χ0v) is 21.1. The lowest BCUT2D eigenvalue weighted by Crippen LogP contribution is -2.61. The van der Waals surface area contributed by atoms with Crippen LogP contribution in [0.25, 0.3) is 0 Å². The van der Waals surface area contributed by atoms with Crippen LogP contribution in [-0.2, 0) is 23.9 Å². The van der Waals surface area contributed by atoms with Gasteiger partial charge in [0, 0.05) is 12.1 Å². The summed E-state index contributed by atoms with van der Waals surface area (Å²) in [5.74, 6) is -2.66. The first-order valence-electron chi connectivity index (χ1n) is 12.3. The van der Waals surface area contributed by atoms with Crippen molar-refractivity contribution >= 4 is 17.8 Å². The molecule has 2 amide bonds. The van der Waals surface area contributed by atoms with Crippen molar-refractivity contribution < 1.29 is 29.0 Å². The molecule has 34 heavy (non-hydrogen) atoms. The molecule has 0 aromatic rings. The lowest BCUT2D eigenvalue weighted by Gasteiger charge is -2.43. The zero-order valence-electron chi connectivity index (χ0n) is 21.1. The molecule has 0 bridgehead atoms. The minimum atomic E-state index is -1.33. The molecule has 4 rings (SSSR count). The van der Waals surface area contributed by atoms with Crippen molar-refractivity contribution in [2.75, 3.05) is 19.8 Å². The van der Waals surface area contributed by atoms with Gasteiger partial charge in [0.1, 0.15) is 17.6 Å². The van der Waals surface area contributed by atoms with Crippen LogP contribution >= 0.6 is 0 Å². The standard InChI is InChI=1S/C26H38N2O6/c1-16(2)14-17(15-29)28-20-22(31)27(24(3,4)5)12-9-11-26(20)18(21(28)30)19-23(32)33-13-8-7-10-25(19,6)34-26/h7,9-11,16-20,29H,8,12-15H2,1-6H3/t17-,18+,19+,20?,25-,26+/m1/s1. The maximum Gasteiger partial charge on any atom is 0.313 e. The van der Waals surface area contributed by atoms with Crippen molar-refractivity contribution in [2.45, 2.75) is 83.2 Å². The Morgan fingerprint density at radius 2 is 1.82 bits per heavy atom. The Balaban J connectivity index is 1.92. The van der Waals surface area contributed by atoms with Gasteiger partial charge in [0.15, 0.2) is 0 Å². The number of amides is 2. The van der Waals surface area contributed by atoms with Crippen LogP contribution in [0.1, 0.15) is 54.4 Å². The number of nitrogens with zero attached hydrogens (tertiary/aromatic N) is 2. The third-order valence-electron chi connectivity index (χ3n) is 7.61. The normalized spacial score (nSPS) is 36.6. The van der Waals surface area contributed by atoms with Crippen molar-refractivity contribution in [3.05, 3.63) is 24.3 Å². The van der Waals surface area contributed by atoms with Crippen LogP contribution in [-0.4, -0.2) is 81.3 Å². The third kappa shape index (κ3) is 3.70. The van der Waals surface area contributed by atoms with Crippen LogP contribution in [0.5, 0.6) is 0 Å². The van der Waals surface area contributed by atoms with E-state index >= 15 is 0 Å². The van der Waals surface area contributed by atoms with E-state index in [0.717, 1.165) is 0 Å². The summed E-state index contributed by atoms with van der Waals surface area (Å²) in [7, 11) is 0. The van der Waals surface area contributed by atoms with Crippen LogP contribution in [0.4, 0.5) is 0 Å². The van der Waals surface area contributed by atoms with Gasteiger partial charge in [0.05, 0.1) is 30.8 Å². The lowest BCUT2D eigenvalue weighted by atomic mass is 9.74. The fourth-order valence-corrected chi connectivity index (χ4v) is 6.24. The summed E-state index contributed by atoms with van der Waals surface area (Å²) in [5.41, 5.74) is -2.91. The second-order valence-corrected chi connectivity index (χ2v) is 11.6. The first-order valence-corrected chi connectivity index (χ1v) is 12.3. The molecule has 4 heterocycles. The molecule has 2 fully saturated rings. The van der Waals surface area contributed by atoms with E-state index in [1.165, 1.54) is 4.90 Å². The number of carbonyl (C=O) groups is 3. The zero-order chi connectivity index (χ0) is 25.1. The summed E-state index contributed by atoms with van der Waals surface area (Å²) in [4.78, 5) is 44.9. The molecule has 188 valence electrons. The van der Waals surface area contributed by atoms with E-state index in [9.17, 15) is 19.5 Å². The predicted molar refractivity (Wildman–Crippen MR) is 125 cm³/mol. The van der Waals surface area contributed by atoms with Gasteiger partial charge in [-0.15, -0.1) is 0 Å². The van der Waals surface area contributed by atoms with Crippen molar-refractivity contribution in [3.8, 4) is 0 Å². The molecule has 6 atom stereocenters. The lowest BCUT2D eigenvalue weighted by molar-refractivity contribution is -0.163. The maximum absolute atomic E-state index is 14.2. The number of fused-ring (bicyclic) bond motifs is 2. The molecule has 4 aliphatic rings. The molecule has 8 heteroatoms. The van der Waals surface area contributed by atoms with Crippen LogP contribution in [0.3, 0.4) is 0 Å². The molecule has 0 aromatic heterocycles. The fourth-order valence-electron chi connectivity index (χ4n) is 6.24. The number of aliphatic hydroxyl groups is 1. The highest BCUT2D eigenvalue weighted by Crippen LogP contribution is 2.57. The van der Waals surface area contributed by atoms with Crippen molar-refractivity contribution in [1.29, 1.82) is 0 Å². The Morgan fingerprint density at radius 1 is 1.12 bits per heavy atom. The highest BCUT2D eigenvalue weighted by atomic mass is 16.6. The van der Waals surface area contributed by atoms with Crippen molar-refractivity contribution in [1.82, 2.24) is 9.80 Å². The summed E-state index contributed by atoms with van der Waals surface area (Å²) < 4.78 is 12.2. The molecule has 1 N–H and O–H groups in total. The van der Waals surface area contributed by atoms with Gasteiger partial charge in [0.25, 0.3) is 0 Å². The molecule has 2 saturated heterocycles. The topological polar surface area (TPSA) is 96.4 Å². The molecule has 0 aliphatic carbocycles. The Hall–Kier alpha value is -2.19. The Bertz CT molecular complexity index is 921. The summed E-state index contributed by atoms with van der Waals surface area (Å²) in [5, 5.41) is 10.3. The summed E-state index contributed by atoms with van der Waals surface area (Å²) in [6, 6.07) is -1.54. The minimum Gasteiger partial charge on any atom is -0.465 e. The number of esters is 1. The molecule has 1 unspecified atom stereocenters. The molecule has 1 spiro atoms. The van der Waals surface area contributed by atoms with E-state index in [2.05, 4.69) is 0 Å². The van der Waals surface area contributed by atoms with E-state index in [4.69, 9.17) is 9.47 Å².